The van der Waals surface area contributed by atoms with Gasteiger partial charge in [0.25, 0.3) is 0 Å². The van der Waals surface area contributed by atoms with Crippen molar-refractivity contribution in [2.75, 3.05) is 4.90 Å². The number of fused-ring (bicyclic) bond motifs is 2. The van der Waals surface area contributed by atoms with E-state index in [0.717, 1.165) is 49.9 Å². The Kier molecular flexibility index (Phi) is 5.75. The molecule has 3 fully saturated rings. The van der Waals surface area contributed by atoms with Gasteiger partial charge < -0.3 is 19.3 Å². The molecule has 0 spiro atoms. The number of anilines is 1. The van der Waals surface area contributed by atoms with Crippen molar-refractivity contribution in [3.8, 4) is 11.3 Å². The standard InChI is InChI=1S/C27H27F2N3O4/c1-14-9-16(27(33)34)12-30-26(14)32-17-7-8-18(32)11-19(10-17)35-13-20-24(31-36-25(20)15-5-6-15)23-21(28)3-2-4-22(23)29/h2-4,9,12,15,17-19H,5-8,10-11,13H2,1H3,(H,33,34)/t17-,18+,19?. The maximum atomic E-state index is 14.5. The van der Waals surface area contributed by atoms with Gasteiger partial charge in [0.2, 0.25) is 0 Å². The Balaban J connectivity index is 1.20. The average molecular weight is 496 g/mol. The lowest BCUT2D eigenvalue weighted by atomic mass is 9.98. The number of carboxylic acids is 1. The molecule has 3 atom stereocenters. The molecule has 6 rings (SSSR count). The minimum atomic E-state index is -0.985. The second-order valence-corrected chi connectivity index (χ2v) is 10.1. The molecule has 0 radical (unpaired) electrons. The summed E-state index contributed by atoms with van der Waals surface area (Å²) >= 11 is 0. The Bertz CT molecular complexity index is 1290. The average Bonchev–Trinajstić information content (AvgIpc) is 3.56. The van der Waals surface area contributed by atoms with Gasteiger partial charge in [-0.2, -0.15) is 0 Å². The number of nitrogens with zero attached hydrogens (tertiary/aromatic N) is 3. The van der Waals surface area contributed by atoms with Gasteiger partial charge >= 0.3 is 5.97 Å². The van der Waals surface area contributed by atoms with Crippen molar-refractivity contribution in [1.29, 1.82) is 0 Å². The Morgan fingerprint density at radius 1 is 1.17 bits per heavy atom. The number of aromatic nitrogens is 2. The van der Waals surface area contributed by atoms with Crippen LogP contribution < -0.4 is 4.90 Å². The highest BCUT2D eigenvalue weighted by Crippen LogP contribution is 2.46. The summed E-state index contributed by atoms with van der Waals surface area (Å²) in [4.78, 5) is 18.1. The first-order valence-electron chi connectivity index (χ1n) is 12.4. The Morgan fingerprint density at radius 2 is 1.86 bits per heavy atom. The molecule has 2 aliphatic heterocycles. The Morgan fingerprint density at radius 3 is 2.47 bits per heavy atom. The first-order valence-corrected chi connectivity index (χ1v) is 12.4. The van der Waals surface area contributed by atoms with Gasteiger partial charge in [0, 0.05) is 29.8 Å². The molecule has 2 saturated heterocycles. The second kappa shape index (κ2) is 8.96. The van der Waals surface area contributed by atoms with E-state index in [-0.39, 0.29) is 47.5 Å². The van der Waals surface area contributed by atoms with Gasteiger partial charge in [0.15, 0.2) is 0 Å². The van der Waals surface area contributed by atoms with Crippen LogP contribution >= 0.6 is 0 Å². The van der Waals surface area contributed by atoms with Crippen LogP contribution in [0.5, 0.6) is 0 Å². The third-order valence-electron chi connectivity index (χ3n) is 7.66. The zero-order valence-corrected chi connectivity index (χ0v) is 19.9. The zero-order valence-electron chi connectivity index (χ0n) is 19.9. The molecule has 36 heavy (non-hydrogen) atoms. The number of piperidine rings is 1. The van der Waals surface area contributed by atoms with Crippen LogP contribution in [0.2, 0.25) is 0 Å². The van der Waals surface area contributed by atoms with Gasteiger partial charge in [-0.3, -0.25) is 0 Å². The lowest BCUT2D eigenvalue weighted by molar-refractivity contribution is 0.0145. The molecule has 3 aromatic rings. The van der Waals surface area contributed by atoms with Crippen molar-refractivity contribution >= 4 is 11.8 Å². The van der Waals surface area contributed by atoms with Crippen LogP contribution in [-0.4, -0.2) is 39.4 Å². The highest BCUT2D eigenvalue weighted by molar-refractivity contribution is 5.87. The summed E-state index contributed by atoms with van der Waals surface area (Å²) in [5.41, 5.74) is 1.68. The first kappa shape index (κ1) is 23.1. The number of rotatable bonds is 7. The van der Waals surface area contributed by atoms with E-state index in [2.05, 4.69) is 15.0 Å². The topological polar surface area (TPSA) is 88.7 Å². The van der Waals surface area contributed by atoms with Crippen LogP contribution in [0.1, 0.15) is 71.7 Å². The van der Waals surface area contributed by atoms with E-state index >= 15 is 0 Å². The number of hydrogen-bond acceptors (Lipinski definition) is 6. The van der Waals surface area contributed by atoms with Crippen LogP contribution in [0.4, 0.5) is 14.6 Å². The molecule has 3 aliphatic rings. The number of carbonyl (C=O) groups is 1. The third-order valence-corrected chi connectivity index (χ3v) is 7.66. The molecule has 1 aromatic carbocycles. The summed E-state index contributed by atoms with van der Waals surface area (Å²) in [5, 5.41) is 13.3. The number of carboxylic acid groups (broad SMARTS) is 1. The molecule has 2 aromatic heterocycles. The summed E-state index contributed by atoms with van der Waals surface area (Å²) in [6, 6.07) is 5.93. The number of aromatic carboxylic acids is 1. The van der Waals surface area contributed by atoms with Crippen molar-refractivity contribution in [2.24, 2.45) is 0 Å². The van der Waals surface area contributed by atoms with E-state index in [0.29, 0.717) is 11.3 Å². The number of halogens is 2. The minimum absolute atomic E-state index is 0.0161. The third kappa shape index (κ3) is 4.05. The molecule has 188 valence electrons. The van der Waals surface area contributed by atoms with Gasteiger partial charge in [-0.05, 0) is 69.2 Å². The summed E-state index contributed by atoms with van der Waals surface area (Å²) in [6.45, 7) is 2.08. The Labute approximate surface area is 207 Å². The van der Waals surface area contributed by atoms with Gasteiger partial charge in [0.1, 0.15) is 28.9 Å². The summed E-state index contributed by atoms with van der Waals surface area (Å²) in [5.74, 6) is -0.600. The molecule has 7 nitrogen and oxygen atoms in total. The molecule has 1 unspecified atom stereocenters. The molecule has 9 heteroatoms. The fraction of sp³-hybridized carbons (Fsp3) is 0.444. The van der Waals surface area contributed by atoms with Gasteiger partial charge in [-0.15, -0.1) is 0 Å². The molecule has 2 bridgehead atoms. The fourth-order valence-electron chi connectivity index (χ4n) is 5.81. The quantitative estimate of drug-likeness (QED) is 0.455. The van der Waals surface area contributed by atoms with Gasteiger partial charge in [0.05, 0.1) is 23.8 Å². The van der Waals surface area contributed by atoms with Crippen LogP contribution in [0.25, 0.3) is 11.3 Å². The van der Waals surface area contributed by atoms with Crippen LogP contribution in [0.15, 0.2) is 35.0 Å². The molecule has 1 N–H and O–H groups in total. The highest BCUT2D eigenvalue weighted by Gasteiger charge is 2.43. The van der Waals surface area contributed by atoms with E-state index in [4.69, 9.17) is 9.26 Å². The van der Waals surface area contributed by atoms with Crippen molar-refractivity contribution in [3.63, 3.8) is 0 Å². The maximum absolute atomic E-state index is 14.5. The van der Waals surface area contributed by atoms with E-state index in [1.807, 2.05) is 6.92 Å². The Hall–Kier alpha value is -3.33. The molecule has 1 aliphatic carbocycles. The van der Waals surface area contributed by atoms with E-state index in [1.54, 1.807) is 6.07 Å². The molecule has 0 amide bonds. The lowest BCUT2D eigenvalue weighted by Crippen LogP contribution is -2.46. The van der Waals surface area contributed by atoms with Crippen molar-refractivity contribution in [1.82, 2.24) is 10.1 Å². The second-order valence-electron chi connectivity index (χ2n) is 10.1. The smallest absolute Gasteiger partial charge is 0.337 e. The van der Waals surface area contributed by atoms with Gasteiger partial charge in [-0.25, -0.2) is 18.6 Å². The SMILES string of the molecule is Cc1cc(C(=O)O)cnc1N1[C@@H]2CC[C@H]1CC(OCc1c(-c3c(F)cccc3F)noc1C1CC1)C2. The van der Waals surface area contributed by atoms with Crippen molar-refractivity contribution in [2.45, 2.75) is 76.2 Å². The summed E-state index contributed by atoms with van der Waals surface area (Å²) in [6.07, 6.45) is 6.96. The van der Waals surface area contributed by atoms with E-state index in [9.17, 15) is 18.7 Å². The van der Waals surface area contributed by atoms with Crippen LogP contribution in [0.3, 0.4) is 0 Å². The lowest BCUT2D eigenvalue weighted by Gasteiger charge is -2.40. The maximum Gasteiger partial charge on any atom is 0.337 e. The highest BCUT2D eigenvalue weighted by atomic mass is 19.1. The van der Waals surface area contributed by atoms with Crippen molar-refractivity contribution < 1.29 is 27.9 Å². The molecule has 4 heterocycles. The van der Waals surface area contributed by atoms with Crippen LogP contribution in [-0.2, 0) is 11.3 Å². The van der Waals surface area contributed by atoms with E-state index < -0.39 is 17.6 Å². The number of pyridine rings is 1. The zero-order chi connectivity index (χ0) is 25.0. The predicted molar refractivity (Wildman–Crippen MR) is 127 cm³/mol. The summed E-state index contributed by atoms with van der Waals surface area (Å²) in [7, 11) is 0. The van der Waals surface area contributed by atoms with Crippen molar-refractivity contribution in [3.05, 3.63) is 64.5 Å². The number of aryl methyl sites for hydroxylation is 1. The predicted octanol–water partition coefficient (Wildman–Crippen LogP) is 5.62. The van der Waals surface area contributed by atoms with Gasteiger partial charge in [-0.1, -0.05) is 11.2 Å². The minimum Gasteiger partial charge on any atom is -0.478 e. The number of benzene rings is 1. The number of hydrogen-bond donors (Lipinski definition) is 1. The number of ether oxygens (including phenoxy) is 1. The molecular weight excluding hydrogens is 468 g/mol. The summed E-state index contributed by atoms with van der Waals surface area (Å²) < 4.78 is 41.0. The normalized spacial score (nSPS) is 23.3. The van der Waals surface area contributed by atoms with Crippen LogP contribution in [0, 0.1) is 18.6 Å². The first-order chi connectivity index (χ1) is 17.4. The fourth-order valence-corrected chi connectivity index (χ4v) is 5.81. The van der Waals surface area contributed by atoms with E-state index in [1.165, 1.54) is 24.4 Å². The molecular formula is C27H27F2N3O4. The molecule has 1 saturated carbocycles. The monoisotopic (exact) mass is 495 g/mol. The largest absolute Gasteiger partial charge is 0.478 e.